The summed E-state index contributed by atoms with van der Waals surface area (Å²) in [4.78, 5) is 0. The van der Waals surface area contributed by atoms with Gasteiger partial charge in [-0.05, 0) is 6.92 Å². The maximum absolute atomic E-state index is 11.9. The largest absolute Gasteiger partial charge is 0.484 e. The van der Waals surface area contributed by atoms with Crippen molar-refractivity contribution in [3.8, 4) is 0 Å². The Morgan fingerprint density at radius 3 is 2.00 bits per heavy atom. The highest BCUT2D eigenvalue weighted by atomic mass is 32.2. The first-order valence-electron chi connectivity index (χ1n) is 2.89. The normalized spacial score (nSPS) is 15.8. The molecule has 0 aromatic carbocycles. The van der Waals surface area contributed by atoms with Crippen molar-refractivity contribution in [3.63, 3.8) is 0 Å². The molecule has 0 aromatic rings. The third-order valence-corrected chi connectivity index (χ3v) is 1.49. The van der Waals surface area contributed by atoms with E-state index in [4.69, 9.17) is 0 Å². The Morgan fingerprint density at radius 2 is 1.69 bits per heavy atom. The van der Waals surface area contributed by atoms with Crippen LogP contribution < -0.4 is 0 Å². The quantitative estimate of drug-likeness (QED) is 0.688. The van der Waals surface area contributed by atoms with Crippen LogP contribution in [0.2, 0.25) is 0 Å². The van der Waals surface area contributed by atoms with E-state index in [9.17, 15) is 26.2 Å². The van der Waals surface area contributed by atoms with Crippen LogP contribution in [-0.4, -0.2) is 23.1 Å². The molecule has 0 saturated carbocycles. The maximum Gasteiger partial charge on any atom is 0.484 e. The molecule has 80 valence electrons. The lowest BCUT2D eigenvalue weighted by Gasteiger charge is -2.17. The summed E-state index contributed by atoms with van der Waals surface area (Å²) in [7, 11) is 0. The Morgan fingerprint density at radius 1 is 1.23 bits per heavy atom. The van der Waals surface area contributed by atoms with E-state index < -0.39 is 23.6 Å². The molecule has 0 aromatic heterocycles. The van der Waals surface area contributed by atoms with E-state index in [-0.39, 0.29) is 6.61 Å². The lowest BCUT2D eigenvalue weighted by Crippen LogP contribution is -2.39. The molecule has 0 bridgehead atoms. The van der Waals surface area contributed by atoms with Crippen molar-refractivity contribution in [3.05, 3.63) is 0 Å². The minimum absolute atomic E-state index is 0.305. The van der Waals surface area contributed by atoms with Gasteiger partial charge in [-0.25, -0.2) is 0 Å². The van der Waals surface area contributed by atoms with Gasteiger partial charge in [0.05, 0.1) is 6.61 Å². The Bertz CT molecular complexity index is 191. The molecular formula is C4H5F5O3S. The molecule has 3 nitrogen and oxygen atoms in total. The number of hydrogen-bond acceptors (Lipinski definition) is 3. The number of rotatable bonds is 4. The van der Waals surface area contributed by atoms with Gasteiger partial charge in [-0.3, -0.25) is 4.18 Å². The molecule has 0 radical (unpaired) electrons. The Kier molecular flexibility index (Phi) is 4.20. The highest BCUT2D eigenvalue weighted by Gasteiger charge is 2.61. The second-order valence-corrected chi connectivity index (χ2v) is 2.52. The van der Waals surface area contributed by atoms with Gasteiger partial charge in [0.1, 0.15) is 0 Å². The van der Waals surface area contributed by atoms with Crippen molar-refractivity contribution >= 4 is 11.4 Å². The van der Waals surface area contributed by atoms with Gasteiger partial charge in [0.15, 0.2) is 0 Å². The highest BCUT2D eigenvalue weighted by molar-refractivity contribution is 7.75. The monoisotopic (exact) mass is 228 g/mol. The molecule has 0 heterocycles. The van der Waals surface area contributed by atoms with Gasteiger partial charge in [-0.2, -0.15) is 30.3 Å². The molecule has 13 heavy (non-hydrogen) atoms. The predicted octanol–water partition coefficient (Wildman–Crippen LogP) is 1.77. The predicted molar refractivity (Wildman–Crippen MR) is 31.9 cm³/mol. The Balaban J connectivity index is 4.26. The summed E-state index contributed by atoms with van der Waals surface area (Å²) in [5.41, 5.74) is 0. The van der Waals surface area contributed by atoms with E-state index in [1.807, 2.05) is 0 Å². The van der Waals surface area contributed by atoms with E-state index in [1.54, 1.807) is 0 Å². The fourth-order valence-corrected chi connectivity index (χ4v) is 0.759. The smallest absolute Gasteiger partial charge is 0.269 e. The average Bonchev–Trinajstić information content (AvgIpc) is 1.83. The highest BCUT2D eigenvalue weighted by Crippen LogP contribution is 2.36. The van der Waals surface area contributed by atoms with Crippen LogP contribution in [0.25, 0.3) is 0 Å². The average molecular weight is 228 g/mol. The van der Waals surface area contributed by atoms with Crippen LogP contribution in [0.4, 0.5) is 22.0 Å². The molecule has 0 amide bonds. The third-order valence-electron chi connectivity index (χ3n) is 0.717. The summed E-state index contributed by atoms with van der Waals surface area (Å²) in [6.07, 6.45) is -11.4. The summed E-state index contributed by atoms with van der Waals surface area (Å²) >= 11 is -3.11. The van der Waals surface area contributed by atoms with E-state index >= 15 is 0 Å². The summed E-state index contributed by atoms with van der Waals surface area (Å²) in [6, 6.07) is 0. The van der Waals surface area contributed by atoms with Crippen LogP contribution >= 0.6 is 0 Å². The molecular weight excluding hydrogens is 223 g/mol. The second kappa shape index (κ2) is 4.29. The van der Waals surface area contributed by atoms with Crippen molar-refractivity contribution in [1.29, 1.82) is 0 Å². The third kappa shape index (κ3) is 3.96. The first-order chi connectivity index (χ1) is 5.70. The molecule has 1 atom stereocenters. The maximum atomic E-state index is 11.9. The lowest BCUT2D eigenvalue weighted by molar-refractivity contribution is -0.359. The van der Waals surface area contributed by atoms with Crippen molar-refractivity contribution < 1.29 is 34.5 Å². The van der Waals surface area contributed by atoms with Crippen LogP contribution in [0.1, 0.15) is 6.92 Å². The van der Waals surface area contributed by atoms with E-state index in [0.29, 0.717) is 0 Å². The molecule has 9 heteroatoms. The number of alkyl halides is 5. The van der Waals surface area contributed by atoms with Gasteiger partial charge in [0, 0.05) is 0 Å². The molecule has 0 N–H and O–H groups in total. The number of halogens is 5. The fraction of sp³-hybridized carbons (Fsp3) is 1.00. The molecule has 0 saturated heterocycles. The molecule has 1 unspecified atom stereocenters. The fourth-order valence-electron chi connectivity index (χ4n) is 0.253. The van der Waals surface area contributed by atoms with Gasteiger partial charge in [-0.15, -0.1) is 0 Å². The van der Waals surface area contributed by atoms with Crippen molar-refractivity contribution in [2.45, 2.75) is 19.2 Å². The minimum Gasteiger partial charge on any atom is -0.269 e. The zero-order valence-corrected chi connectivity index (χ0v) is 7.05. The van der Waals surface area contributed by atoms with Crippen molar-refractivity contribution in [2.24, 2.45) is 0 Å². The number of hydrogen-bond donors (Lipinski definition) is 0. The molecule has 0 spiro atoms. The van der Waals surface area contributed by atoms with Crippen LogP contribution in [0.15, 0.2) is 0 Å². The van der Waals surface area contributed by atoms with Crippen LogP contribution in [0, 0.1) is 0 Å². The van der Waals surface area contributed by atoms with Crippen LogP contribution in [0.5, 0.6) is 0 Å². The summed E-state index contributed by atoms with van der Waals surface area (Å²) in [6.45, 7) is 0.952. The SMILES string of the molecule is CCOS(=O)OC(F)(F)C(F)(F)F. The zero-order valence-electron chi connectivity index (χ0n) is 6.23. The molecule has 0 aliphatic heterocycles. The first kappa shape index (κ1) is 12.7. The first-order valence-corrected chi connectivity index (χ1v) is 3.89. The molecule has 0 rings (SSSR count). The van der Waals surface area contributed by atoms with E-state index in [0.717, 1.165) is 0 Å². The molecule has 0 aliphatic rings. The van der Waals surface area contributed by atoms with Crippen LogP contribution in [0.3, 0.4) is 0 Å². The van der Waals surface area contributed by atoms with Gasteiger partial charge >= 0.3 is 23.6 Å². The van der Waals surface area contributed by atoms with Crippen LogP contribution in [-0.2, 0) is 19.7 Å². The molecule has 0 fully saturated rings. The summed E-state index contributed by atoms with van der Waals surface area (Å²) in [5, 5.41) is 0. The lowest BCUT2D eigenvalue weighted by atomic mass is 10.6. The van der Waals surface area contributed by atoms with E-state index in [2.05, 4.69) is 8.37 Å². The molecule has 0 aliphatic carbocycles. The van der Waals surface area contributed by atoms with Gasteiger partial charge in [0.2, 0.25) is 0 Å². The summed E-state index contributed by atoms with van der Waals surface area (Å²) < 4.78 is 74.7. The zero-order chi connectivity index (χ0) is 10.7. The van der Waals surface area contributed by atoms with Gasteiger partial charge in [0.25, 0.3) is 0 Å². The second-order valence-electron chi connectivity index (χ2n) is 1.71. The topological polar surface area (TPSA) is 35.5 Å². The standard InChI is InChI=1S/C4H5F5O3S/c1-2-11-13(10)12-4(8,9)3(5,6)7/h2H2,1H3. The van der Waals surface area contributed by atoms with Gasteiger partial charge in [-0.1, -0.05) is 0 Å². The van der Waals surface area contributed by atoms with E-state index in [1.165, 1.54) is 6.92 Å². The van der Waals surface area contributed by atoms with Crippen molar-refractivity contribution in [1.82, 2.24) is 0 Å². The Hall–Kier alpha value is -0.280. The van der Waals surface area contributed by atoms with Crippen molar-refractivity contribution in [2.75, 3.05) is 6.61 Å². The Labute approximate surface area is 72.7 Å². The van der Waals surface area contributed by atoms with Gasteiger partial charge < -0.3 is 0 Å². The minimum atomic E-state index is -5.90. The summed E-state index contributed by atoms with van der Waals surface area (Å²) in [5.74, 6) is 0.